The van der Waals surface area contributed by atoms with E-state index in [1.165, 1.54) is 25.8 Å². The molecule has 6 heteroatoms. The van der Waals surface area contributed by atoms with Gasteiger partial charge in [0.25, 0.3) is 0 Å². The number of piperidine rings is 1. The van der Waals surface area contributed by atoms with E-state index in [0.717, 1.165) is 19.5 Å². The molecule has 0 bridgehead atoms. The van der Waals surface area contributed by atoms with Gasteiger partial charge in [0, 0.05) is 19.1 Å². The molecule has 0 aliphatic carbocycles. The van der Waals surface area contributed by atoms with Crippen LogP contribution in [0.15, 0.2) is 6.07 Å². The van der Waals surface area contributed by atoms with Crippen molar-refractivity contribution in [3.8, 4) is 11.8 Å². The van der Waals surface area contributed by atoms with Crippen molar-refractivity contribution in [2.75, 3.05) is 39.2 Å². The minimum atomic E-state index is 0.508. The van der Waals surface area contributed by atoms with Gasteiger partial charge >= 0.3 is 0 Å². The molecule has 0 spiro atoms. The Balaban J connectivity index is 1.77. The molecule has 1 N–H and O–H groups in total. The van der Waals surface area contributed by atoms with E-state index in [-0.39, 0.29) is 0 Å². The largest absolute Gasteiger partial charge is 0.481 e. The Bertz CT molecular complexity index is 419. The molecule has 2 rings (SSSR count). The van der Waals surface area contributed by atoms with E-state index in [0.29, 0.717) is 23.8 Å². The summed E-state index contributed by atoms with van der Waals surface area (Å²) in [7, 11) is 3.17. The predicted octanol–water partition coefficient (Wildman–Crippen LogP) is 2.17. The van der Waals surface area contributed by atoms with Gasteiger partial charge in [-0.25, -0.2) is 0 Å². The van der Waals surface area contributed by atoms with Crippen LogP contribution in [0.3, 0.4) is 0 Å². The highest BCUT2D eigenvalue weighted by Crippen LogP contribution is 2.18. The van der Waals surface area contributed by atoms with Crippen molar-refractivity contribution in [1.82, 2.24) is 14.9 Å². The molecule has 1 unspecified atom stereocenters. The Labute approximate surface area is 126 Å². The molecule has 1 saturated heterocycles. The standard InChI is InChI=1S/C15H26N4O2/c1-12-7-4-5-9-19(12)10-6-8-16-15-17-13(20-2)11-14(18-15)21-3/h11-12H,4-10H2,1-3H3,(H,16,17,18). The number of aromatic nitrogens is 2. The van der Waals surface area contributed by atoms with Crippen molar-refractivity contribution in [3.05, 3.63) is 6.07 Å². The lowest BCUT2D eigenvalue weighted by molar-refractivity contribution is 0.160. The maximum absolute atomic E-state index is 5.13. The molecular weight excluding hydrogens is 268 g/mol. The molecule has 1 aromatic heterocycles. The van der Waals surface area contributed by atoms with E-state index in [1.54, 1.807) is 20.3 Å². The number of likely N-dealkylation sites (tertiary alicyclic amines) is 1. The Morgan fingerprint density at radius 2 is 1.95 bits per heavy atom. The van der Waals surface area contributed by atoms with Gasteiger partial charge in [0.05, 0.1) is 20.3 Å². The summed E-state index contributed by atoms with van der Waals surface area (Å²) in [6.07, 6.45) is 5.10. The van der Waals surface area contributed by atoms with Crippen molar-refractivity contribution < 1.29 is 9.47 Å². The van der Waals surface area contributed by atoms with Crippen LogP contribution >= 0.6 is 0 Å². The van der Waals surface area contributed by atoms with Crippen LogP contribution in [0.2, 0.25) is 0 Å². The molecule has 118 valence electrons. The number of nitrogens with one attached hydrogen (secondary N) is 1. The average molecular weight is 294 g/mol. The smallest absolute Gasteiger partial charge is 0.229 e. The maximum atomic E-state index is 5.13. The molecule has 6 nitrogen and oxygen atoms in total. The molecule has 0 aromatic carbocycles. The zero-order valence-corrected chi connectivity index (χ0v) is 13.3. The van der Waals surface area contributed by atoms with Gasteiger partial charge in [-0.15, -0.1) is 0 Å². The van der Waals surface area contributed by atoms with E-state index in [4.69, 9.17) is 9.47 Å². The van der Waals surface area contributed by atoms with Crippen LogP contribution in [-0.2, 0) is 0 Å². The number of nitrogens with zero attached hydrogens (tertiary/aromatic N) is 3. The first-order chi connectivity index (χ1) is 10.2. The van der Waals surface area contributed by atoms with Crippen molar-refractivity contribution >= 4 is 5.95 Å². The lowest BCUT2D eigenvalue weighted by Gasteiger charge is -2.33. The molecule has 0 saturated carbocycles. The van der Waals surface area contributed by atoms with Gasteiger partial charge in [-0.3, -0.25) is 0 Å². The molecule has 2 heterocycles. The lowest BCUT2D eigenvalue weighted by Crippen LogP contribution is -2.38. The van der Waals surface area contributed by atoms with Crippen molar-refractivity contribution in [2.45, 2.75) is 38.6 Å². The number of methoxy groups -OCH3 is 2. The van der Waals surface area contributed by atoms with E-state index >= 15 is 0 Å². The molecule has 1 aliphatic heterocycles. The SMILES string of the molecule is COc1cc(OC)nc(NCCCN2CCCCC2C)n1. The van der Waals surface area contributed by atoms with Crippen molar-refractivity contribution in [1.29, 1.82) is 0 Å². The number of anilines is 1. The summed E-state index contributed by atoms with van der Waals surface area (Å²) in [5, 5.41) is 3.24. The van der Waals surface area contributed by atoms with E-state index in [2.05, 4.69) is 27.1 Å². The fourth-order valence-corrected chi connectivity index (χ4v) is 2.66. The quantitative estimate of drug-likeness (QED) is 0.778. The average Bonchev–Trinajstić information content (AvgIpc) is 2.52. The van der Waals surface area contributed by atoms with Crippen LogP contribution < -0.4 is 14.8 Å². The summed E-state index contributed by atoms with van der Waals surface area (Å²) < 4.78 is 10.3. The summed E-state index contributed by atoms with van der Waals surface area (Å²) in [6, 6.07) is 2.38. The third kappa shape index (κ3) is 4.74. The summed E-state index contributed by atoms with van der Waals surface area (Å²) in [5.41, 5.74) is 0. The van der Waals surface area contributed by atoms with Crippen molar-refractivity contribution in [2.24, 2.45) is 0 Å². The van der Waals surface area contributed by atoms with Gasteiger partial charge in [-0.1, -0.05) is 6.42 Å². The summed E-state index contributed by atoms with van der Waals surface area (Å²) >= 11 is 0. The Hall–Kier alpha value is -1.56. The molecular formula is C15H26N4O2. The first-order valence-corrected chi connectivity index (χ1v) is 7.68. The highest BCUT2D eigenvalue weighted by atomic mass is 16.5. The van der Waals surface area contributed by atoms with Gasteiger partial charge in [0.2, 0.25) is 17.7 Å². The Morgan fingerprint density at radius 3 is 2.57 bits per heavy atom. The normalized spacial score (nSPS) is 19.3. The number of hydrogen-bond donors (Lipinski definition) is 1. The number of hydrogen-bond acceptors (Lipinski definition) is 6. The fraction of sp³-hybridized carbons (Fsp3) is 0.733. The monoisotopic (exact) mass is 294 g/mol. The molecule has 0 radical (unpaired) electrons. The molecule has 1 aliphatic rings. The minimum absolute atomic E-state index is 0.508. The first kappa shape index (κ1) is 15.8. The topological polar surface area (TPSA) is 59.5 Å². The fourth-order valence-electron chi connectivity index (χ4n) is 2.66. The van der Waals surface area contributed by atoms with Gasteiger partial charge in [-0.2, -0.15) is 9.97 Å². The van der Waals surface area contributed by atoms with Crippen LogP contribution in [0.5, 0.6) is 11.8 Å². The van der Waals surface area contributed by atoms with Crippen LogP contribution in [0, 0.1) is 0 Å². The highest BCUT2D eigenvalue weighted by molar-refractivity contribution is 5.33. The molecule has 1 aromatic rings. The van der Waals surface area contributed by atoms with Gasteiger partial charge < -0.3 is 19.7 Å². The van der Waals surface area contributed by atoms with E-state index in [1.807, 2.05) is 0 Å². The zero-order chi connectivity index (χ0) is 15.1. The van der Waals surface area contributed by atoms with Crippen LogP contribution in [0.25, 0.3) is 0 Å². The molecule has 0 amide bonds. The zero-order valence-electron chi connectivity index (χ0n) is 13.3. The van der Waals surface area contributed by atoms with Crippen LogP contribution in [0.4, 0.5) is 5.95 Å². The van der Waals surface area contributed by atoms with Gasteiger partial charge in [-0.05, 0) is 32.7 Å². The van der Waals surface area contributed by atoms with Gasteiger partial charge in [0.15, 0.2) is 0 Å². The van der Waals surface area contributed by atoms with E-state index < -0.39 is 0 Å². The Kier molecular flexibility index (Phi) is 6.04. The first-order valence-electron chi connectivity index (χ1n) is 7.68. The number of ether oxygens (including phenoxy) is 2. The molecule has 1 atom stereocenters. The second-order valence-electron chi connectivity index (χ2n) is 5.44. The predicted molar refractivity (Wildman–Crippen MR) is 83.1 cm³/mol. The van der Waals surface area contributed by atoms with Gasteiger partial charge in [0.1, 0.15) is 0 Å². The number of rotatable bonds is 7. The summed E-state index contributed by atoms with van der Waals surface area (Å²) in [4.78, 5) is 11.1. The lowest BCUT2D eigenvalue weighted by atomic mass is 10.0. The Morgan fingerprint density at radius 1 is 1.24 bits per heavy atom. The second-order valence-corrected chi connectivity index (χ2v) is 5.44. The molecule has 21 heavy (non-hydrogen) atoms. The second kappa shape index (κ2) is 8.02. The minimum Gasteiger partial charge on any atom is -0.481 e. The van der Waals surface area contributed by atoms with Crippen molar-refractivity contribution in [3.63, 3.8) is 0 Å². The van der Waals surface area contributed by atoms with Crippen LogP contribution in [-0.4, -0.2) is 54.8 Å². The highest BCUT2D eigenvalue weighted by Gasteiger charge is 2.17. The van der Waals surface area contributed by atoms with E-state index in [9.17, 15) is 0 Å². The summed E-state index contributed by atoms with van der Waals surface area (Å²) in [5.74, 6) is 1.57. The summed E-state index contributed by atoms with van der Waals surface area (Å²) in [6.45, 7) is 5.52. The third-order valence-electron chi connectivity index (χ3n) is 3.94. The third-order valence-corrected chi connectivity index (χ3v) is 3.94. The van der Waals surface area contributed by atoms with Crippen LogP contribution in [0.1, 0.15) is 32.6 Å². The molecule has 1 fully saturated rings. The maximum Gasteiger partial charge on any atom is 0.229 e.